The highest BCUT2D eigenvalue weighted by molar-refractivity contribution is 5.90. The highest BCUT2D eigenvalue weighted by atomic mass is 19.4. The first-order chi connectivity index (χ1) is 6.83. The van der Waals surface area contributed by atoms with Gasteiger partial charge in [0.05, 0.1) is 6.42 Å². The Labute approximate surface area is 91.6 Å². The van der Waals surface area contributed by atoms with Crippen molar-refractivity contribution in [1.82, 2.24) is 0 Å². The molecule has 16 heavy (non-hydrogen) atoms. The molecule has 1 aliphatic rings. The van der Waals surface area contributed by atoms with Crippen LogP contribution in [-0.4, -0.2) is 28.5 Å². The lowest BCUT2D eigenvalue weighted by Crippen LogP contribution is -2.50. The first kappa shape index (κ1) is 13.4. The van der Waals surface area contributed by atoms with Gasteiger partial charge in [-0.05, 0) is 12.3 Å². The van der Waals surface area contributed by atoms with E-state index in [4.69, 9.17) is 0 Å². The molecule has 1 saturated heterocycles. The van der Waals surface area contributed by atoms with Crippen molar-refractivity contribution in [2.24, 2.45) is 5.41 Å². The number of alkyl halides is 3. The molecule has 94 valence electrons. The van der Waals surface area contributed by atoms with Crippen molar-refractivity contribution in [1.29, 1.82) is 0 Å². The fourth-order valence-corrected chi connectivity index (χ4v) is 1.55. The smallest absolute Gasteiger partial charge is 0.358 e. The van der Waals surface area contributed by atoms with Gasteiger partial charge in [0.2, 0.25) is 0 Å². The molecule has 6 heteroatoms. The van der Waals surface area contributed by atoms with Crippen LogP contribution in [0.15, 0.2) is 0 Å². The van der Waals surface area contributed by atoms with E-state index in [0.717, 1.165) is 0 Å². The molecule has 0 aromatic carbocycles. The third-order valence-electron chi connectivity index (χ3n) is 3.18. The van der Waals surface area contributed by atoms with E-state index in [0.29, 0.717) is 0 Å². The summed E-state index contributed by atoms with van der Waals surface area (Å²) in [5.41, 5.74) is -2.45. The lowest BCUT2D eigenvalue weighted by atomic mass is 9.75. The molecule has 1 rings (SSSR count). The Morgan fingerprint density at radius 3 is 1.94 bits per heavy atom. The van der Waals surface area contributed by atoms with Crippen molar-refractivity contribution >= 4 is 5.78 Å². The quantitative estimate of drug-likeness (QED) is 0.704. The number of carbonyl (C=O) groups is 1. The zero-order chi connectivity index (χ0) is 13.0. The third kappa shape index (κ3) is 1.73. The van der Waals surface area contributed by atoms with Crippen LogP contribution in [0.5, 0.6) is 0 Å². The van der Waals surface area contributed by atoms with E-state index >= 15 is 0 Å². The lowest BCUT2D eigenvalue weighted by Gasteiger charge is -2.38. The maximum absolute atomic E-state index is 12.5. The van der Waals surface area contributed by atoms with Gasteiger partial charge in [0, 0.05) is 0 Å². The summed E-state index contributed by atoms with van der Waals surface area (Å²) >= 11 is 0. The number of Topliss-reactive ketones (excluding diaryl/α,β-unsaturated/α-hetero) is 1. The number of ketones is 1. The minimum atomic E-state index is -4.97. The van der Waals surface area contributed by atoms with E-state index in [2.05, 4.69) is 4.74 Å². The van der Waals surface area contributed by atoms with Gasteiger partial charge in [-0.25, -0.2) is 0 Å². The fourth-order valence-electron chi connectivity index (χ4n) is 1.55. The zero-order valence-corrected chi connectivity index (χ0v) is 9.60. The van der Waals surface area contributed by atoms with Crippen molar-refractivity contribution in [3.05, 3.63) is 0 Å². The Morgan fingerprint density at radius 1 is 1.31 bits per heavy atom. The third-order valence-corrected chi connectivity index (χ3v) is 3.18. The summed E-state index contributed by atoms with van der Waals surface area (Å²) in [6.07, 6.45) is -6.02. The van der Waals surface area contributed by atoms with Gasteiger partial charge in [0.1, 0.15) is 5.60 Å². The number of hydrogen-bond donors (Lipinski definition) is 1. The topological polar surface area (TPSA) is 46.5 Å². The molecule has 2 unspecified atom stereocenters. The summed E-state index contributed by atoms with van der Waals surface area (Å²) in [7, 11) is 0. The van der Waals surface area contributed by atoms with Crippen LogP contribution in [0.2, 0.25) is 0 Å². The van der Waals surface area contributed by atoms with Crippen molar-refractivity contribution in [3.8, 4) is 0 Å². The van der Waals surface area contributed by atoms with Gasteiger partial charge < -0.3 is 9.84 Å². The van der Waals surface area contributed by atoms with Crippen LogP contribution in [0, 0.1) is 5.41 Å². The predicted octanol–water partition coefficient (Wildman–Crippen LogP) is 2.03. The number of halogens is 3. The molecule has 3 nitrogen and oxygen atoms in total. The highest BCUT2D eigenvalue weighted by Crippen LogP contribution is 2.49. The van der Waals surface area contributed by atoms with Crippen LogP contribution in [0.4, 0.5) is 13.2 Å². The minimum absolute atomic E-state index is 0.736. The fraction of sp³-hybridized carbons (Fsp3) is 0.900. The molecule has 0 aromatic rings. The van der Waals surface area contributed by atoms with Crippen LogP contribution in [0.3, 0.4) is 0 Å². The SMILES string of the molecule is CC(C)(C)C1(C)OC(O)(C(F)(F)F)CC1=O. The number of carbonyl (C=O) groups excluding carboxylic acids is 1. The van der Waals surface area contributed by atoms with Gasteiger partial charge in [-0.1, -0.05) is 20.8 Å². The average molecular weight is 240 g/mol. The molecule has 0 bridgehead atoms. The van der Waals surface area contributed by atoms with Crippen LogP contribution < -0.4 is 0 Å². The summed E-state index contributed by atoms with van der Waals surface area (Å²) in [4.78, 5) is 11.6. The molecule has 1 N–H and O–H groups in total. The highest BCUT2D eigenvalue weighted by Gasteiger charge is 2.68. The van der Waals surface area contributed by atoms with E-state index in [9.17, 15) is 23.1 Å². The van der Waals surface area contributed by atoms with Crippen molar-refractivity contribution in [2.75, 3.05) is 0 Å². The molecular weight excluding hydrogens is 225 g/mol. The first-order valence-corrected chi connectivity index (χ1v) is 4.86. The van der Waals surface area contributed by atoms with Gasteiger partial charge in [-0.2, -0.15) is 13.2 Å². The molecule has 1 heterocycles. The van der Waals surface area contributed by atoms with E-state index in [1.165, 1.54) is 6.92 Å². The first-order valence-electron chi connectivity index (χ1n) is 4.86. The second-order valence-electron chi connectivity index (χ2n) is 5.27. The van der Waals surface area contributed by atoms with Crippen LogP contribution >= 0.6 is 0 Å². The van der Waals surface area contributed by atoms with Gasteiger partial charge in [0.25, 0.3) is 5.79 Å². The molecule has 0 radical (unpaired) electrons. The molecule has 0 spiro atoms. The summed E-state index contributed by atoms with van der Waals surface area (Å²) in [6.45, 7) is 6.05. The van der Waals surface area contributed by atoms with Gasteiger partial charge in [-0.3, -0.25) is 4.79 Å². The van der Waals surface area contributed by atoms with Gasteiger partial charge >= 0.3 is 6.18 Å². The Kier molecular flexibility index (Phi) is 2.69. The van der Waals surface area contributed by atoms with Crippen LogP contribution in [0.1, 0.15) is 34.1 Å². The van der Waals surface area contributed by atoms with E-state index in [1.807, 2.05) is 0 Å². The van der Waals surface area contributed by atoms with Crippen LogP contribution in [-0.2, 0) is 9.53 Å². The van der Waals surface area contributed by atoms with Gasteiger partial charge in [0.15, 0.2) is 5.78 Å². The number of rotatable bonds is 0. The van der Waals surface area contributed by atoms with Crippen molar-refractivity contribution in [2.45, 2.75) is 51.7 Å². The standard InChI is InChI=1S/C10H15F3O3/c1-7(2,3)8(4)6(14)5-9(15,16-8)10(11,12)13/h15H,5H2,1-4H3. The van der Waals surface area contributed by atoms with Crippen molar-refractivity contribution < 1.29 is 27.8 Å². The molecular formula is C10H15F3O3. The van der Waals surface area contributed by atoms with E-state index < -0.39 is 35.2 Å². The van der Waals surface area contributed by atoms with Crippen molar-refractivity contribution in [3.63, 3.8) is 0 Å². The summed E-state index contributed by atoms with van der Waals surface area (Å²) < 4.78 is 42.2. The Morgan fingerprint density at radius 2 is 1.75 bits per heavy atom. The Balaban J connectivity index is 3.13. The normalized spacial score (nSPS) is 36.9. The molecule has 1 aliphatic heterocycles. The molecule has 2 atom stereocenters. The lowest BCUT2D eigenvalue weighted by molar-refractivity contribution is -0.374. The maximum atomic E-state index is 12.5. The second-order valence-corrected chi connectivity index (χ2v) is 5.27. The second kappa shape index (κ2) is 3.20. The zero-order valence-electron chi connectivity index (χ0n) is 9.60. The summed E-state index contributed by atoms with van der Waals surface area (Å²) in [5, 5.41) is 9.33. The predicted molar refractivity (Wildman–Crippen MR) is 49.6 cm³/mol. The summed E-state index contributed by atoms with van der Waals surface area (Å²) in [5.74, 6) is -4.09. The summed E-state index contributed by atoms with van der Waals surface area (Å²) in [6, 6.07) is 0. The van der Waals surface area contributed by atoms with E-state index in [-0.39, 0.29) is 0 Å². The molecule has 1 fully saturated rings. The van der Waals surface area contributed by atoms with Gasteiger partial charge in [-0.15, -0.1) is 0 Å². The number of aliphatic hydroxyl groups is 1. The van der Waals surface area contributed by atoms with Crippen LogP contribution in [0.25, 0.3) is 0 Å². The largest absolute Gasteiger partial charge is 0.443 e. The van der Waals surface area contributed by atoms with E-state index in [1.54, 1.807) is 20.8 Å². The maximum Gasteiger partial charge on any atom is 0.443 e. The molecule has 0 amide bonds. The molecule has 0 aliphatic carbocycles. The number of hydrogen-bond acceptors (Lipinski definition) is 3. The monoisotopic (exact) mass is 240 g/mol. The average Bonchev–Trinajstić information content (AvgIpc) is 2.21. The molecule has 0 aromatic heterocycles. The molecule has 0 saturated carbocycles. The Bertz CT molecular complexity index is 318. The number of ether oxygens (including phenoxy) is 1. The Hall–Kier alpha value is -0.620. The minimum Gasteiger partial charge on any atom is -0.358 e.